The summed E-state index contributed by atoms with van der Waals surface area (Å²) >= 11 is 3.36. The first-order valence-corrected chi connectivity index (χ1v) is 7.40. The topological polar surface area (TPSA) is 61.4 Å². The van der Waals surface area contributed by atoms with E-state index in [0.717, 1.165) is 23.1 Å². The number of carbonyl (C=O) groups excluding carboxylic acids is 2. The Morgan fingerprint density at radius 1 is 1.35 bits per heavy atom. The van der Waals surface area contributed by atoms with Gasteiger partial charge in [0.1, 0.15) is 0 Å². The zero-order valence-electron chi connectivity index (χ0n) is 11.4. The summed E-state index contributed by atoms with van der Waals surface area (Å²) in [6.07, 6.45) is 0. The second-order valence-electron chi connectivity index (χ2n) is 4.77. The van der Waals surface area contributed by atoms with Gasteiger partial charge in [-0.2, -0.15) is 0 Å². The zero-order chi connectivity index (χ0) is 14.5. The predicted molar refractivity (Wildman–Crippen MR) is 80.7 cm³/mol. The van der Waals surface area contributed by atoms with Crippen LogP contribution in [0.3, 0.4) is 0 Å². The van der Waals surface area contributed by atoms with E-state index >= 15 is 0 Å². The maximum Gasteiger partial charge on any atom is 0.251 e. The van der Waals surface area contributed by atoms with E-state index in [9.17, 15) is 9.59 Å². The van der Waals surface area contributed by atoms with Gasteiger partial charge in [-0.25, -0.2) is 0 Å². The van der Waals surface area contributed by atoms with Crippen LogP contribution in [0.25, 0.3) is 0 Å². The average Bonchev–Trinajstić information content (AvgIpc) is 2.45. The number of hydrogen-bond donors (Lipinski definition) is 2. The standard InChI is InChI=1S/C14H18BrN3O2/c1-10-8-11(15)2-3-12(10)14(20)17-9-13(19)18-6-4-16-5-7-18/h2-3,8,16H,4-7,9H2,1H3,(H,17,20). The molecule has 108 valence electrons. The highest BCUT2D eigenvalue weighted by Crippen LogP contribution is 2.15. The maximum atomic E-state index is 12.1. The molecule has 1 aromatic rings. The minimum absolute atomic E-state index is 0.0328. The molecular weight excluding hydrogens is 322 g/mol. The summed E-state index contributed by atoms with van der Waals surface area (Å²) in [6.45, 7) is 4.95. The highest BCUT2D eigenvalue weighted by molar-refractivity contribution is 9.10. The molecule has 1 fully saturated rings. The van der Waals surface area contributed by atoms with Gasteiger partial charge in [0, 0.05) is 36.2 Å². The summed E-state index contributed by atoms with van der Waals surface area (Å²) in [6, 6.07) is 5.46. The number of rotatable bonds is 3. The number of piperazine rings is 1. The quantitative estimate of drug-likeness (QED) is 0.860. The van der Waals surface area contributed by atoms with Gasteiger partial charge in [0.25, 0.3) is 5.91 Å². The van der Waals surface area contributed by atoms with Gasteiger partial charge in [-0.15, -0.1) is 0 Å². The Balaban J connectivity index is 1.89. The van der Waals surface area contributed by atoms with Crippen LogP contribution < -0.4 is 10.6 Å². The summed E-state index contributed by atoms with van der Waals surface area (Å²) in [7, 11) is 0. The van der Waals surface area contributed by atoms with Crippen molar-refractivity contribution in [2.75, 3.05) is 32.7 Å². The van der Waals surface area contributed by atoms with Crippen LogP contribution in [-0.4, -0.2) is 49.4 Å². The van der Waals surface area contributed by atoms with Crippen molar-refractivity contribution in [1.82, 2.24) is 15.5 Å². The zero-order valence-corrected chi connectivity index (χ0v) is 13.0. The van der Waals surface area contributed by atoms with E-state index in [-0.39, 0.29) is 18.4 Å². The lowest BCUT2D eigenvalue weighted by Crippen LogP contribution is -2.49. The highest BCUT2D eigenvalue weighted by Gasteiger charge is 2.17. The molecule has 0 aromatic heterocycles. The molecule has 1 aromatic carbocycles. The largest absolute Gasteiger partial charge is 0.343 e. The van der Waals surface area contributed by atoms with Crippen LogP contribution in [0.5, 0.6) is 0 Å². The fourth-order valence-electron chi connectivity index (χ4n) is 2.16. The second kappa shape index (κ2) is 6.85. The van der Waals surface area contributed by atoms with Crippen LogP contribution in [0, 0.1) is 6.92 Å². The minimum Gasteiger partial charge on any atom is -0.343 e. The number of carbonyl (C=O) groups is 2. The van der Waals surface area contributed by atoms with E-state index in [2.05, 4.69) is 26.6 Å². The number of hydrogen-bond acceptors (Lipinski definition) is 3. The van der Waals surface area contributed by atoms with Crippen molar-refractivity contribution >= 4 is 27.7 Å². The van der Waals surface area contributed by atoms with Crippen molar-refractivity contribution in [2.24, 2.45) is 0 Å². The number of nitrogens with zero attached hydrogens (tertiary/aromatic N) is 1. The molecule has 1 aliphatic rings. The van der Waals surface area contributed by atoms with Crippen molar-refractivity contribution < 1.29 is 9.59 Å². The van der Waals surface area contributed by atoms with Gasteiger partial charge in [-0.05, 0) is 30.7 Å². The summed E-state index contributed by atoms with van der Waals surface area (Å²) in [5.41, 5.74) is 1.48. The average molecular weight is 340 g/mol. The summed E-state index contributed by atoms with van der Waals surface area (Å²) in [5.74, 6) is -0.243. The van der Waals surface area contributed by atoms with Gasteiger partial charge < -0.3 is 15.5 Å². The Morgan fingerprint density at radius 3 is 2.70 bits per heavy atom. The number of benzene rings is 1. The van der Waals surface area contributed by atoms with E-state index in [0.29, 0.717) is 18.7 Å². The third-order valence-corrected chi connectivity index (χ3v) is 3.80. The van der Waals surface area contributed by atoms with E-state index in [1.54, 1.807) is 11.0 Å². The smallest absolute Gasteiger partial charge is 0.251 e. The fourth-order valence-corrected chi connectivity index (χ4v) is 2.63. The Kier molecular flexibility index (Phi) is 5.14. The molecule has 1 heterocycles. The van der Waals surface area contributed by atoms with Crippen molar-refractivity contribution in [3.05, 3.63) is 33.8 Å². The molecule has 1 aliphatic heterocycles. The second-order valence-corrected chi connectivity index (χ2v) is 5.69. The highest BCUT2D eigenvalue weighted by atomic mass is 79.9. The van der Waals surface area contributed by atoms with Crippen LogP contribution >= 0.6 is 15.9 Å². The van der Waals surface area contributed by atoms with Gasteiger partial charge in [0.15, 0.2) is 0 Å². The van der Waals surface area contributed by atoms with Crippen LogP contribution in [0.2, 0.25) is 0 Å². The molecule has 2 amide bonds. The lowest BCUT2D eigenvalue weighted by Gasteiger charge is -2.27. The number of amides is 2. The third-order valence-electron chi connectivity index (χ3n) is 3.30. The van der Waals surface area contributed by atoms with Crippen molar-refractivity contribution in [3.63, 3.8) is 0 Å². The van der Waals surface area contributed by atoms with Crippen molar-refractivity contribution in [2.45, 2.75) is 6.92 Å². The molecule has 6 heteroatoms. The van der Waals surface area contributed by atoms with Crippen LogP contribution in [0.15, 0.2) is 22.7 Å². The fraction of sp³-hybridized carbons (Fsp3) is 0.429. The monoisotopic (exact) mass is 339 g/mol. The van der Waals surface area contributed by atoms with Gasteiger partial charge >= 0.3 is 0 Å². The Labute approximate surface area is 126 Å². The molecule has 20 heavy (non-hydrogen) atoms. The molecule has 5 nitrogen and oxygen atoms in total. The molecule has 2 N–H and O–H groups in total. The summed E-state index contributed by atoms with van der Waals surface area (Å²) in [4.78, 5) is 25.8. The summed E-state index contributed by atoms with van der Waals surface area (Å²) in [5, 5.41) is 5.88. The maximum absolute atomic E-state index is 12.1. The molecule has 2 rings (SSSR count). The minimum atomic E-state index is -0.210. The van der Waals surface area contributed by atoms with Crippen LogP contribution in [0.4, 0.5) is 0 Å². The predicted octanol–water partition coefficient (Wildman–Crippen LogP) is 0.919. The molecule has 0 saturated carbocycles. The summed E-state index contributed by atoms with van der Waals surface area (Å²) < 4.78 is 0.934. The van der Waals surface area contributed by atoms with E-state index in [1.165, 1.54) is 0 Å². The lowest BCUT2D eigenvalue weighted by atomic mass is 10.1. The van der Waals surface area contributed by atoms with Crippen LogP contribution in [0.1, 0.15) is 15.9 Å². The lowest BCUT2D eigenvalue weighted by molar-refractivity contribution is -0.130. The number of aryl methyl sites for hydroxylation is 1. The number of nitrogens with one attached hydrogen (secondary N) is 2. The first kappa shape index (κ1) is 15.0. The first-order chi connectivity index (χ1) is 9.58. The van der Waals surface area contributed by atoms with Gasteiger partial charge in [-0.1, -0.05) is 15.9 Å². The van der Waals surface area contributed by atoms with Crippen LogP contribution in [-0.2, 0) is 4.79 Å². The Morgan fingerprint density at radius 2 is 2.05 bits per heavy atom. The third kappa shape index (κ3) is 3.80. The molecule has 0 bridgehead atoms. The normalized spacial score (nSPS) is 15.0. The van der Waals surface area contributed by atoms with Gasteiger partial charge in [0.2, 0.25) is 5.91 Å². The molecule has 0 spiro atoms. The van der Waals surface area contributed by atoms with Gasteiger partial charge in [0.05, 0.1) is 6.54 Å². The van der Waals surface area contributed by atoms with E-state index in [4.69, 9.17) is 0 Å². The molecular formula is C14H18BrN3O2. The first-order valence-electron chi connectivity index (χ1n) is 6.61. The van der Waals surface area contributed by atoms with Crippen molar-refractivity contribution in [3.8, 4) is 0 Å². The van der Waals surface area contributed by atoms with E-state index < -0.39 is 0 Å². The molecule has 0 unspecified atom stereocenters. The number of halogens is 1. The molecule has 0 aliphatic carbocycles. The Bertz CT molecular complexity index is 513. The molecule has 1 saturated heterocycles. The SMILES string of the molecule is Cc1cc(Br)ccc1C(=O)NCC(=O)N1CCNCC1. The van der Waals surface area contributed by atoms with Gasteiger partial charge in [-0.3, -0.25) is 9.59 Å². The van der Waals surface area contributed by atoms with Crippen molar-refractivity contribution in [1.29, 1.82) is 0 Å². The van der Waals surface area contributed by atoms with E-state index in [1.807, 2.05) is 19.1 Å². The molecule has 0 atom stereocenters. The Hall–Kier alpha value is -1.40. The molecule has 0 radical (unpaired) electrons.